The molecule has 0 unspecified atom stereocenters. The summed E-state index contributed by atoms with van der Waals surface area (Å²) in [5, 5.41) is 0. The van der Waals surface area contributed by atoms with Crippen LogP contribution in [0, 0.1) is 0 Å². The minimum Gasteiger partial charge on any atom is -0.312 e. The second kappa shape index (κ2) is 9.01. The van der Waals surface area contributed by atoms with E-state index in [9.17, 15) is 0 Å². The summed E-state index contributed by atoms with van der Waals surface area (Å²) >= 11 is 4.64. The first-order valence-corrected chi connectivity index (χ1v) is 2.48. The van der Waals surface area contributed by atoms with Gasteiger partial charge in [-0.2, -0.15) is 0 Å². The standard InChI is InChI=1S/C3H9N.BClH2/c1-4(2)3;1-2/h1-3H3;1H2. The second-order valence-electron chi connectivity index (χ2n) is 1.34. The molecule has 0 fully saturated rings. The lowest BCUT2D eigenvalue weighted by Crippen LogP contribution is -1.99. The van der Waals surface area contributed by atoms with Gasteiger partial charge in [-0.3, -0.25) is 0 Å². The molecule has 0 aliphatic carbocycles. The van der Waals surface area contributed by atoms with Crippen LogP contribution >= 0.6 is 11.5 Å². The Bertz CT molecular complexity index is 15.5. The van der Waals surface area contributed by atoms with Crippen molar-refractivity contribution < 1.29 is 0 Å². The highest BCUT2D eigenvalue weighted by atomic mass is 35.5. The Kier molecular flexibility index (Phi) is 14.4. The second-order valence-corrected chi connectivity index (χ2v) is 1.34. The first kappa shape index (κ1) is 9.58. The predicted octanol–water partition coefficient (Wildman–Crippen LogP) is -0.0489. The molecule has 0 aliphatic rings. The Morgan fingerprint density at radius 2 is 1.17 bits per heavy atom. The van der Waals surface area contributed by atoms with Crippen molar-refractivity contribution in [2.45, 2.75) is 0 Å². The summed E-state index contributed by atoms with van der Waals surface area (Å²) in [5.41, 5.74) is 0. The average molecular weight is 107 g/mol. The first-order chi connectivity index (χ1) is 2.73. The van der Waals surface area contributed by atoms with Gasteiger partial charge in [-0.15, -0.1) is 0 Å². The van der Waals surface area contributed by atoms with E-state index in [4.69, 9.17) is 0 Å². The Labute approximate surface area is 45.6 Å². The summed E-state index contributed by atoms with van der Waals surface area (Å²) in [7, 11) is 7.47. The zero-order chi connectivity index (χ0) is 5.58. The van der Waals surface area contributed by atoms with E-state index in [-0.39, 0.29) is 0 Å². The Hall–Kier alpha value is 0.315. The normalized spacial score (nSPS) is 6.83. The third-order valence-electron chi connectivity index (χ3n) is 0. The quantitative estimate of drug-likeness (QED) is 0.392. The van der Waals surface area contributed by atoms with Crippen LogP contribution in [0.2, 0.25) is 0 Å². The van der Waals surface area contributed by atoms with E-state index in [2.05, 4.69) is 11.5 Å². The van der Waals surface area contributed by atoms with Gasteiger partial charge in [0.25, 0.3) is 0 Å². The molecule has 3 heteroatoms. The van der Waals surface area contributed by atoms with Gasteiger partial charge in [0.2, 0.25) is 7.26 Å². The van der Waals surface area contributed by atoms with Crippen LogP contribution in [-0.2, 0) is 0 Å². The molecule has 0 aromatic rings. The molecule has 0 aromatic heterocycles. The summed E-state index contributed by atoms with van der Waals surface area (Å²) in [6, 6.07) is 0. The number of rotatable bonds is 0. The monoisotopic (exact) mass is 107 g/mol. The number of hydrogen-bond donors (Lipinski definition) is 0. The topological polar surface area (TPSA) is 3.24 Å². The Balaban J connectivity index is 0. The summed E-state index contributed by atoms with van der Waals surface area (Å²) in [4.78, 5) is 2.00. The van der Waals surface area contributed by atoms with Crippen LogP contribution in [0.3, 0.4) is 0 Å². The summed E-state index contributed by atoms with van der Waals surface area (Å²) in [5.74, 6) is 0. The minimum absolute atomic E-state index is 1.47. The highest BCUT2D eigenvalue weighted by Crippen LogP contribution is 1.47. The molecule has 0 aromatic carbocycles. The lowest BCUT2D eigenvalue weighted by atomic mass is 10.8. The number of nitrogens with zero attached hydrogens (tertiary/aromatic N) is 1. The van der Waals surface area contributed by atoms with Gasteiger partial charge in [-0.1, -0.05) is 0 Å². The maximum absolute atomic E-state index is 4.64. The predicted molar refractivity (Wildman–Crippen MR) is 34.0 cm³/mol. The lowest BCUT2D eigenvalue weighted by Gasteiger charge is -1.90. The zero-order valence-corrected chi connectivity index (χ0v) is 5.58. The summed E-state index contributed by atoms with van der Waals surface area (Å²) in [6.45, 7) is 0. The average Bonchev–Trinajstić information content (AvgIpc) is 1.41. The fourth-order valence-electron chi connectivity index (χ4n) is 0. The molecule has 38 valence electrons. The van der Waals surface area contributed by atoms with Crippen molar-refractivity contribution in [3.63, 3.8) is 0 Å². The minimum atomic E-state index is 1.47. The van der Waals surface area contributed by atoms with Gasteiger partial charge >= 0.3 is 0 Å². The maximum Gasteiger partial charge on any atom is 0.215 e. The van der Waals surface area contributed by atoms with E-state index >= 15 is 0 Å². The fourth-order valence-corrected chi connectivity index (χ4v) is 0. The molecule has 0 saturated carbocycles. The summed E-state index contributed by atoms with van der Waals surface area (Å²) < 4.78 is 0. The van der Waals surface area contributed by atoms with Crippen molar-refractivity contribution in [1.29, 1.82) is 0 Å². The van der Waals surface area contributed by atoms with Crippen LogP contribution < -0.4 is 0 Å². The fraction of sp³-hybridized carbons (Fsp3) is 1.00. The van der Waals surface area contributed by atoms with Gasteiger partial charge in [0, 0.05) is 0 Å². The highest BCUT2D eigenvalue weighted by Gasteiger charge is 1.58. The molecule has 0 saturated heterocycles. The van der Waals surface area contributed by atoms with Gasteiger partial charge in [0.15, 0.2) is 0 Å². The third-order valence-corrected chi connectivity index (χ3v) is 0. The number of hydrogen-bond acceptors (Lipinski definition) is 1. The van der Waals surface area contributed by atoms with Crippen molar-refractivity contribution in [3.8, 4) is 0 Å². The van der Waals surface area contributed by atoms with Crippen LogP contribution in [0.4, 0.5) is 0 Å². The van der Waals surface area contributed by atoms with Crippen LogP contribution in [0.5, 0.6) is 0 Å². The molecule has 0 atom stereocenters. The molecule has 0 spiro atoms. The van der Waals surface area contributed by atoms with Crippen molar-refractivity contribution in [1.82, 2.24) is 4.90 Å². The number of halogens is 1. The van der Waals surface area contributed by atoms with Crippen LogP contribution in [-0.4, -0.2) is 33.3 Å². The van der Waals surface area contributed by atoms with Gasteiger partial charge in [0.05, 0.1) is 0 Å². The van der Waals surface area contributed by atoms with Crippen molar-refractivity contribution in [3.05, 3.63) is 0 Å². The van der Waals surface area contributed by atoms with Crippen LogP contribution in [0.15, 0.2) is 0 Å². The van der Waals surface area contributed by atoms with E-state index in [1.165, 1.54) is 7.26 Å². The molecule has 0 radical (unpaired) electrons. The van der Waals surface area contributed by atoms with Crippen molar-refractivity contribution in [2.24, 2.45) is 0 Å². The van der Waals surface area contributed by atoms with Crippen molar-refractivity contribution >= 4 is 18.7 Å². The van der Waals surface area contributed by atoms with E-state index in [1.54, 1.807) is 0 Å². The van der Waals surface area contributed by atoms with Gasteiger partial charge < -0.3 is 4.90 Å². The van der Waals surface area contributed by atoms with Crippen LogP contribution in [0.25, 0.3) is 0 Å². The van der Waals surface area contributed by atoms with E-state index in [1.807, 2.05) is 26.0 Å². The smallest absolute Gasteiger partial charge is 0.215 e. The van der Waals surface area contributed by atoms with Gasteiger partial charge in [0.1, 0.15) is 0 Å². The van der Waals surface area contributed by atoms with Crippen LogP contribution in [0.1, 0.15) is 0 Å². The van der Waals surface area contributed by atoms with E-state index in [0.29, 0.717) is 0 Å². The van der Waals surface area contributed by atoms with Gasteiger partial charge in [-0.25, -0.2) is 11.5 Å². The molecule has 0 aliphatic heterocycles. The molecule has 0 heterocycles. The molecule has 0 N–H and O–H groups in total. The Morgan fingerprint density at radius 1 is 1.17 bits per heavy atom. The first-order valence-electron chi connectivity index (χ1n) is 1.72. The van der Waals surface area contributed by atoms with Gasteiger partial charge in [-0.05, 0) is 21.1 Å². The Morgan fingerprint density at radius 3 is 1.17 bits per heavy atom. The SMILES string of the molecule is BCl.CN(C)C. The van der Waals surface area contributed by atoms with E-state index in [0.717, 1.165) is 0 Å². The third kappa shape index (κ3) is 478. The molecule has 0 bridgehead atoms. The molecular formula is C3H11BClN. The van der Waals surface area contributed by atoms with E-state index < -0.39 is 0 Å². The lowest BCUT2D eigenvalue weighted by molar-refractivity contribution is 0.505. The molecular weight excluding hydrogens is 96.3 g/mol. The molecule has 0 amide bonds. The van der Waals surface area contributed by atoms with Crippen molar-refractivity contribution in [2.75, 3.05) is 21.1 Å². The maximum atomic E-state index is 4.64. The summed E-state index contributed by atoms with van der Waals surface area (Å²) in [6.07, 6.45) is 0. The molecule has 6 heavy (non-hydrogen) atoms. The highest BCUT2D eigenvalue weighted by molar-refractivity contribution is 6.80. The molecule has 1 nitrogen and oxygen atoms in total. The zero-order valence-electron chi connectivity index (χ0n) is 4.83. The largest absolute Gasteiger partial charge is 0.312 e. The molecule has 0 rings (SSSR count).